The third-order valence-electron chi connectivity index (χ3n) is 5.28. The van der Waals surface area contributed by atoms with Crippen LogP contribution in [0.4, 0.5) is 0 Å². The number of ether oxygens (including phenoxy) is 2. The van der Waals surface area contributed by atoms with E-state index in [-0.39, 0.29) is 24.1 Å². The second kappa shape index (κ2) is 7.15. The van der Waals surface area contributed by atoms with E-state index in [1.165, 1.54) is 10.8 Å². The standard InChI is InChI=1S/C20H23N3O4/c1-14-3-4-17-15(11-14)16(12-20(27-17)5-9-26-10-6-20)22-18(24)13-23-8-2-7-21-19(23)25/h2-4,7-8,11,16H,5-6,9-10,12-13H2,1H3,(H,22,24). The van der Waals surface area contributed by atoms with Gasteiger partial charge in [-0.05, 0) is 19.1 Å². The Kier molecular flexibility index (Phi) is 4.70. The number of carbonyl (C=O) groups excluding carboxylic acids is 1. The maximum absolute atomic E-state index is 12.6. The number of nitrogens with zero attached hydrogens (tertiary/aromatic N) is 2. The third-order valence-corrected chi connectivity index (χ3v) is 5.28. The molecule has 2 aromatic rings. The summed E-state index contributed by atoms with van der Waals surface area (Å²) in [4.78, 5) is 28.1. The summed E-state index contributed by atoms with van der Waals surface area (Å²) in [5, 5.41) is 3.10. The van der Waals surface area contributed by atoms with Gasteiger partial charge in [0.2, 0.25) is 5.91 Å². The fourth-order valence-electron chi connectivity index (χ4n) is 3.87. The zero-order valence-corrected chi connectivity index (χ0v) is 15.3. The van der Waals surface area contributed by atoms with E-state index in [9.17, 15) is 9.59 Å². The fraction of sp³-hybridized carbons (Fsp3) is 0.450. The van der Waals surface area contributed by atoms with Crippen molar-refractivity contribution in [3.05, 3.63) is 58.3 Å². The van der Waals surface area contributed by atoms with Gasteiger partial charge in [-0.3, -0.25) is 9.36 Å². The number of hydrogen-bond donors (Lipinski definition) is 1. The quantitative estimate of drug-likeness (QED) is 0.891. The van der Waals surface area contributed by atoms with E-state index >= 15 is 0 Å². The molecule has 0 radical (unpaired) electrons. The van der Waals surface area contributed by atoms with Crippen LogP contribution in [0.2, 0.25) is 0 Å². The van der Waals surface area contributed by atoms with Gasteiger partial charge in [0.15, 0.2) is 0 Å². The summed E-state index contributed by atoms with van der Waals surface area (Å²) in [5.74, 6) is 0.601. The van der Waals surface area contributed by atoms with Crippen molar-refractivity contribution < 1.29 is 14.3 Å². The molecule has 4 rings (SSSR count). The first-order valence-corrected chi connectivity index (χ1v) is 9.23. The van der Waals surface area contributed by atoms with Crippen LogP contribution in [0.1, 0.15) is 36.4 Å². The van der Waals surface area contributed by atoms with E-state index in [4.69, 9.17) is 9.47 Å². The van der Waals surface area contributed by atoms with E-state index in [0.29, 0.717) is 19.6 Å². The molecule has 1 N–H and O–H groups in total. The molecule has 0 saturated carbocycles. The molecule has 2 aliphatic heterocycles. The molecular weight excluding hydrogens is 346 g/mol. The molecule has 1 fully saturated rings. The molecule has 1 spiro atoms. The van der Waals surface area contributed by atoms with Crippen molar-refractivity contribution in [1.82, 2.24) is 14.9 Å². The van der Waals surface area contributed by atoms with Crippen molar-refractivity contribution in [3.63, 3.8) is 0 Å². The first-order valence-electron chi connectivity index (χ1n) is 9.23. The molecule has 27 heavy (non-hydrogen) atoms. The summed E-state index contributed by atoms with van der Waals surface area (Å²) in [5.41, 5.74) is 1.35. The van der Waals surface area contributed by atoms with Crippen LogP contribution in [-0.2, 0) is 16.1 Å². The molecular formula is C20H23N3O4. The topological polar surface area (TPSA) is 82.5 Å². The fourth-order valence-corrected chi connectivity index (χ4v) is 3.87. The van der Waals surface area contributed by atoms with E-state index in [0.717, 1.165) is 29.7 Å². The highest BCUT2D eigenvalue weighted by Crippen LogP contribution is 2.44. The largest absolute Gasteiger partial charge is 0.487 e. The van der Waals surface area contributed by atoms with Crippen molar-refractivity contribution in [2.75, 3.05) is 13.2 Å². The predicted molar refractivity (Wildman–Crippen MR) is 98.6 cm³/mol. The molecule has 2 aliphatic rings. The maximum atomic E-state index is 12.6. The van der Waals surface area contributed by atoms with Crippen molar-refractivity contribution in [1.29, 1.82) is 0 Å². The summed E-state index contributed by atoms with van der Waals surface area (Å²) in [6, 6.07) is 7.53. The van der Waals surface area contributed by atoms with Crippen molar-refractivity contribution in [2.24, 2.45) is 0 Å². The Labute approximate surface area is 157 Å². The Morgan fingerprint density at radius 3 is 2.96 bits per heavy atom. The number of nitrogens with one attached hydrogen (secondary N) is 1. The number of aromatic nitrogens is 2. The Hall–Kier alpha value is -2.67. The highest BCUT2D eigenvalue weighted by atomic mass is 16.5. The molecule has 0 aliphatic carbocycles. The van der Waals surface area contributed by atoms with Crippen LogP contribution < -0.4 is 15.7 Å². The number of amides is 1. The molecule has 7 heteroatoms. The van der Waals surface area contributed by atoms with Crippen LogP contribution in [-0.4, -0.2) is 34.3 Å². The van der Waals surface area contributed by atoms with Crippen LogP contribution in [0.15, 0.2) is 41.5 Å². The summed E-state index contributed by atoms with van der Waals surface area (Å²) < 4.78 is 13.2. The van der Waals surface area contributed by atoms with Gasteiger partial charge in [0.1, 0.15) is 17.9 Å². The van der Waals surface area contributed by atoms with Crippen molar-refractivity contribution in [3.8, 4) is 5.75 Å². The Balaban J connectivity index is 1.58. The lowest BCUT2D eigenvalue weighted by atomic mass is 9.81. The smallest absolute Gasteiger partial charge is 0.347 e. The third kappa shape index (κ3) is 3.73. The number of benzene rings is 1. The lowest BCUT2D eigenvalue weighted by molar-refractivity contribution is -0.123. The number of fused-ring (bicyclic) bond motifs is 1. The molecule has 1 aromatic carbocycles. The number of rotatable bonds is 3. The van der Waals surface area contributed by atoms with Crippen LogP contribution in [0.25, 0.3) is 0 Å². The summed E-state index contributed by atoms with van der Waals surface area (Å²) >= 11 is 0. The predicted octanol–water partition coefficient (Wildman–Crippen LogP) is 1.74. The molecule has 1 unspecified atom stereocenters. The summed E-state index contributed by atoms with van der Waals surface area (Å²) in [7, 11) is 0. The van der Waals surface area contributed by atoms with Gasteiger partial charge < -0.3 is 14.8 Å². The Morgan fingerprint density at radius 1 is 1.37 bits per heavy atom. The van der Waals surface area contributed by atoms with Crippen LogP contribution in [0, 0.1) is 6.92 Å². The van der Waals surface area contributed by atoms with Gasteiger partial charge in [0.05, 0.1) is 19.3 Å². The first kappa shape index (κ1) is 17.7. The average molecular weight is 369 g/mol. The second-order valence-electron chi connectivity index (χ2n) is 7.29. The van der Waals surface area contributed by atoms with Crippen LogP contribution in [0.5, 0.6) is 5.75 Å². The Morgan fingerprint density at radius 2 is 2.19 bits per heavy atom. The highest BCUT2D eigenvalue weighted by Gasteiger charge is 2.42. The Bertz CT molecular complexity index is 902. The van der Waals surface area contributed by atoms with Crippen LogP contribution in [0.3, 0.4) is 0 Å². The van der Waals surface area contributed by atoms with E-state index in [1.54, 1.807) is 12.3 Å². The monoisotopic (exact) mass is 369 g/mol. The van der Waals surface area contributed by atoms with E-state index in [1.807, 2.05) is 19.1 Å². The van der Waals surface area contributed by atoms with E-state index < -0.39 is 5.69 Å². The number of aryl methyl sites for hydroxylation is 1. The van der Waals surface area contributed by atoms with Crippen molar-refractivity contribution >= 4 is 5.91 Å². The number of hydrogen-bond acceptors (Lipinski definition) is 5. The minimum atomic E-state index is -0.434. The zero-order valence-electron chi connectivity index (χ0n) is 15.3. The molecule has 3 heterocycles. The second-order valence-corrected chi connectivity index (χ2v) is 7.29. The van der Waals surface area contributed by atoms with Crippen LogP contribution >= 0.6 is 0 Å². The summed E-state index contributed by atoms with van der Waals surface area (Å²) in [6.07, 6.45) is 5.28. The summed E-state index contributed by atoms with van der Waals surface area (Å²) in [6.45, 7) is 3.29. The van der Waals surface area contributed by atoms with Crippen molar-refractivity contribution in [2.45, 2.75) is 44.4 Å². The molecule has 1 amide bonds. The normalized spacial score (nSPS) is 20.6. The molecule has 7 nitrogen and oxygen atoms in total. The first-order chi connectivity index (χ1) is 13.0. The molecule has 142 valence electrons. The number of carbonyl (C=O) groups is 1. The minimum Gasteiger partial charge on any atom is -0.487 e. The van der Waals surface area contributed by atoms with Gasteiger partial charge in [-0.15, -0.1) is 0 Å². The van der Waals surface area contributed by atoms with E-state index in [2.05, 4.69) is 16.4 Å². The molecule has 1 atom stereocenters. The zero-order chi connectivity index (χ0) is 18.9. The lowest BCUT2D eigenvalue weighted by Gasteiger charge is -2.44. The molecule has 1 saturated heterocycles. The average Bonchev–Trinajstić information content (AvgIpc) is 2.65. The SMILES string of the molecule is Cc1ccc2c(c1)C(NC(=O)Cn1cccnc1=O)CC1(CCOCC1)O2. The maximum Gasteiger partial charge on any atom is 0.347 e. The van der Waals surface area contributed by atoms with Gasteiger partial charge in [0.25, 0.3) is 0 Å². The lowest BCUT2D eigenvalue weighted by Crippen LogP contribution is -2.49. The minimum absolute atomic E-state index is 0.0543. The van der Waals surface area contributed by atoms with Gasteiger partial charge in [0, 0.05) is 37.2 Å². The highest BCUT2D eigenvalue weighted by molar-refractivity contribution is 5.76. The molecule has 1 aromatic heterocycles. The van der Waals surface area contributed by atoms with Gasteiger partial charge in [-0.1, -0.05) is 17.7 Å². The van der Waals surface area contributed by atoms with Gasteiger partial charge in [-0.25, -0.2) is 9.78 Å². The van der Waals surface area contributed by atoms with Gasteiger partial charge >= 0.3 is 5.69 Å². The van der Waals surface area contributed by atoms with Gasteiger partial charge in [-0.2, -0.15) is 0 Å². The molecule has 0 bridgehead atoms.